The van der Waals surface area contributed by atoms with Gasteiger partial charge in [0.15, 0.2) is 11.6 Å². The van der Waals surface area contributed by atoms with Gasteiger partial charge < -0.3 is 10.1 Å². The number of halogens is 3. The molecule has 0 radical (unpaired) electrons. The molecule has 1 N–H and O–H groups in total. The van der Waals surface area contributed by atoms with Crippen LogP contribution in [0.15, 0.2) is 42.5 Å². The van der Waals surface area contributed by atoms with Crippen LogP contribution < -0.4 is 10.1 Å². The van der Waals surface area contributed by atoms with E-state index in [1.54, 1.807) is 25.2 Å². The van der Waals surface area contributed by atoms with Gasteiger partial charge in [0.1, 0.15) is 18.2 Å². The maximum Gasteiger partial charge on any atom is 0.167 e. The molecular formula is C15H14F3NO. The molecule has 0 saturated carbocycles. The maximum absolute atomic E-state index is 13.7. The normalized spacial score (nSPS) is 12.2. The van der Waals surface area contributed by atoms with E-state index in [1.165, 1.54) is 12.1 Å². The van der Waals surface area contributed by atoms with Gasteiger partial charge >= 0.3 is 0 Å². The Hall–Kier alpha value is -2.01. The Labute approximate surface area is 115 Å². The summed E-state index contributed by atoms with van der Waals surface area (Å²) in [5, 5.41) is 2.90. The van der Waals surface area contributed by atoms with Crippen molar-refractivity contribution < 1.29 is 17.9 Å². The van der Waals surface area contributed by atoms with E-state index in [0.717, 1.165) is 12.1 Å². The van der Waals surface area contributed by atoms with E-state index in [2.05, 4.69) is 5.32 Å². The fraction of sp³-hybridized carbons (Fsp3) is 0.200. The summed E-state index contributed by atoms with van der Waals surface area (Å²) in [5.41, 5.74) is 0.428. The predicted molar refractivity (Wildman–Crippen MR) is 70.1 cm³/mol. The third-order valence-corrected chi connectivity index (χ3v) is 2.93. The van der Waals surface area contributed by atoms with Crippen molar-refractivity contribution in [3.63, 3.8) is 0 Å². The zero-order valence-corrected chi connectivity index (χ0v) is 10.9. The zero-order chi connectivity index (χ0) is 14.5. The molecule has 0 bridgehead atoms. The lowest BCUT2D eigenvalue weighted by atomic mass is 10.1. The van der Waals surface area contributed by atoms with Crippen LogP contribution >= 0.6 is 0 Å². The Morgan fingerprint density at radius 2 is 1.80 bits per heavy atom. The standard InChI is InChI=1S/C15H14F3NO/c1-19-14(11-4-2-3-5-12(11)17)9-20-15-7-6-10(16)8-13(15)18/h2-8,14,19H,9H2,1H3. The van der Waals surface area contributed by atoms with Crippen molar-refractivity contribution in [2.45, 2.75) is 6.04 Å². The lowest BCUT2D eigenvalue weighted by molar-refractivity contribution is 0.258. The van der Waals surface area contributed by atoms with Crippen LogP contribution in [0.3, 0.4) is 0 Å². The van der Waals surface area contributed by atoms with E-state index < -0.39 is 17.7 Å². The van der Waals surface area contributed by atoms with Gasteiger partial charge in [-0.2, -0.15) is 0 Å². The first-order valence-electron chi connectivity index (χ1n) is 6.11. The molecule has 2 rings (SSSR count). The number of likely N-dealkylation sites (N-methyl/N-ethyl adjacent to an activating group) is 1. The van der Waals surface area contributed by atoms with Crippen LogP contribution in [-0.4, -0.2) is 13.7 Å². The maximum atomic E-state index is 13.7. The van der Waals surface area contributed by atoms with Crippen molar-refractivity contribution in [2.75, 3.05) is 13.7 Å². The van der Waals surface area contributed by atoms with Crippen LogP contribution in [-0.2, 0) is 0 Å². The van der Waals surface area contributed by atoms with Gasteiger partial charge in [-0.1, -0.05) is 18.2 Å². The molecule has 106 valence electrons. The summed E-state index contributed by atoms with van der Waals surface area (Å²) < 4.78 is 45.1. The Balaban J connectivity index is 2.10. The predicted octanol–water partition coefficient (Wildman–Crippen LogP) is 3.44. The summed E-state index contributed by atoms with van der Waals surface area (Å²) in [4.78, 5) is 0. The minimum atomic E-state index is -0.784. The second-order valence-corrected chi connectivity index (χ2v) is 4.25. The van der Waals surface area contributed by atoms with Crippen LogP contribution in [0.25, 0.3) is 0 Å². The molecule has 0 aliphatic rings. The lowest BCUT2D eigenvalue weighted by Crippen LogP contribution is -2.24. The number of hydrogen-bond acceptors (Lipinski definition) is 2. The topological polar surface area (TPSA) is 21.3 Å². The van der Waals surface area contributed by atoms with Crippen molar-refractivity contribution in [1.29, 1.82) is 0 Å². The van der Waals surface area contributed by atoms with E-state index >= 15 is 0 Å². The first-order valence-corrected chi connectivity index (χ1v) is 6.11. The fourth-order valence-corrected chi connectivity index (χ4v) is 1.85. The SMILES string of the molecule is CNC(COc1ccc(F)cc1F)c1ccccc1F. The van der Waals surface area contributed by atoms with E-state index in [9.17, 15) is 13.2 Å². The molecule has 2 aromatic carbocycles. The Kier molecular flexibility index (Phi) is 4.63. The zero-order valence-electron chi connectivity index (χ0n) is 10.9. The number of benzene rings is 2. The quantitative estimate of drug-likeness (QED) is 0.906. The average Bonchev–Trinajstić information content (AvgIpc) is 2.43. The molecule has 0 aromatic heterocycles. The van der Waals surface area contributed by atoms with Crippen LogP contribution in [0.5, 0.6) is 5.75 Å². The molecule has 2 aromatic rings. The van der Waals surface area contributed by atoms with Crippen LogP contribution in [0.2, 0.25) is 0 Å². The average molecular weight is 281 g/mol. The van der Waals surface area contributed by atoms with Gasteiger partial charge in [-0.05, 0) is 25.2 Å². The molecule has 0 saturated heterocycles. The van der Waals surface area contributed by atoms with Crippen LogP contribution in [0.4, 0.5) is 13.2 Å². The summed E-state index contributed by atoms with van der Waals surface area (Å²) >= 11 is 0. The summed E-state index contributed by atoms with van der Waals surface area (Å²) in [6.45, 7) is 0.0278. The highest BCUT2D eigenvalue weighted by Crippen LogP contribution is 2.21. The molecule has 0 fully saturated rings. The second kappa shape index (κ2) is 6.43. The lowest BCUT2D eigenvalue weighted by Gasteiger charge is -2.18. The van der Waals surface area contributed by atoms with Gasteiger partial charge in [-0.3, -0.25) is 0 Å². The third-order valence-electron chi connectivity index (χ3n) is 2.93. The molecule has 1 atom stereocenters. The smallest absolute Gasteiger partial charge is 0.167 e. The van der Waals surface area contributed by atoms with Crippen molar-refractivity contribution in [3.05, 3.63) is 65.5 Å². The summed E-state index contributed by atoms with van der Waals surface area (Å²) in [6, 6.07) is 8.90. The number of hydrogen-bond donors (Lipinski definition) is 1. The van der Waals surface area contributed by atoms with Gasteiger partial charge in [0.05, 0.1) is 6.04 Å². The fourth-order valence-electron chi connectivity index (χ4n) is 1.85. The van der Waals surface area contributed by atoms with Crippen molar-refractivity contribution >= 4 is 0 Å². The highest BCUT2D eigenvalue weighted by Gasteiger charge is 2.15. The molecule has 5 heteroatoms. The van der Waals surface area contributed by atoms with Crippen molar-refractivity contribution in [2.24, 2.45) is 0 Å². The Bertz CT molecular complexity index is 589. The van der Waals surface area contributed by atoms with Crippen LogP contribution in [0, 0.1) is 17.5 Å². The van der Waals surface area contributed by atoms with E-state index in [0.29, 0.717) is 5.56 Å². The summed E-state index contributed by atoms with van der Waals surface area (Å²) in [7, 11) is 1.65. The van der Waals surface area contributed by atoms with Gasteiger partial charge in [0.2, 0.25) is 0 Å². The second-order valence-electron chi connectivity index (χ2n) is 4.25. The van der Waals surface area contributed by atoms with E-state index in [4.69, 9.17) is 4.74 Å². The molecule has 0 amide bonds. The molecule has 0 aliphatic heterocycles. The third kappa shape index (κ3) is 3.30. The van der Waals surface area contributed by atoms with Crippen molar-refractivity contribution in [1.82, 2.24) is 5.32 Å². The largest absolute Gasteiger partial charge is 0.489 e. The summed E-state index contributed by atoms with van der Waals surface area (Å²) in [5.74, 6) is -1.89. The molecule has 0 aliphatic carbocycles. The number of ether oxygens (including phenoxy) is 1. The van der Waals surface area contributed by atoms with E-state index in [1.807, 2.05) is 0 Å². The first kappa shape index (κ1) is 14.4. The molecule has 0 heterocycles. The Morgan fingerprint density at radius 3 is 2.45 bits per heavy atom. The molecule has 20 heavy (non-hydrogen) atoms. The highest BCUT2D eigenvalue weighted by molar-refractivity contribution is 5.26. The first-order chi connectivity index (χ1) is 9.61. The monoisotopic (exact) mass is 281 g/mol. The number of nitrogens with one attached hydrogen (secondary N) is 1. The molecule has 2 nitrogen and oxygen atoms in total. The van der Waals surface area contributed by atoms with Crippen molar-refractivity contribution in [3.8, 4) is 5.75 Å². The van der Waals surface area contributed by atoms with E-state index in [-0.39, 0.29) is 18.2 Å². The number of rotatable bonds is 5. The molecule has 0 spiro atoms. The van der Waals surface area contributed by atoms with Gasteiger partial charge in [0.25, 0.3) is 0 Å². The highest BCUT2D eigenvalue weighted by atomic mass is 19.1. The minimum Gasteiger partial charge on any atom is -0.489 e. The minimum absolute atomic E-state index is 0.0278. The summed E-state index contributed by atoms with van der Waals surface area (Å²) in [6.07, 6.45) is 0. The Morgan fingerprint density at radius 1 is 1.05 bits per heavy atom. The van der Waals surface area contributed by atoms with Crippen LogP contribution in [0.1, 0.15) is 11.6 Å². The van der Waals surface area contributed by atoms with Gasteiger partial charge in [-0.15, -0.1) is 0 Å². The molecule has 1 unspecified atom stereocenters. The molecular weight excluding hydrogens is 267 g/mol. The van der Waals surface area contributed by atoms with Gasteiger partial charge in [-0.25, -0.2) is 13.2 Å². The van der Waals surface area contributed by atoms with Gasteiger partial charge in [0, 0.05) is 11.6 Å².